The van der Waals surface area contributed by atoms with Crippen molar-refractivity contribution in [1.29, 1.82) is 0 Å². The van der Waals surface area contributed by atoms with Gasteiger partial charge in [0.15, 0.2) is 0 Å². The Labute approximate surface area is 177 Å². The van der Waals surface area contributed by atoms with Gasteiger partial charge in [0.2, 0.25) is 11.8 Å². The van der Waals surface area contributed by atoms with Crippen molar-refractivity contribution < 1.29 is 9.59 Å². The highest BCUT2D eigenvalue weighted by Crippen LogP contribution is 2.44. The third-order valence-electron chi connectivity index (χ3n) is 5.14. The average Bonchev–Trinajstić information content (AvgIpc) is 3.03. The number of benzene rings is 3. The number of amides is 2. The molecule has 0 bridgehead atoms. The van der Waals surface area contributed by atoms with E-state index in [0.717, 1.165) is 31.4 Å². The summed E-state index contributed by atoms with van der Waals surface area (Å²) < 4.78 is 1.04. The van der Waals surface area contributed by atoms with Crippen molar-refractivity contribution in [3.05, 3.63) is 93.1 Å². The van der Waals surface area contributed by atoms with Crippen molar-refractivity contribution in [3.8, 4) is 11.1 Å². The fourth-order valence-electron chi connectivity index (χ4n) is 3.80. The van der Waals surface area contributed by atoms with Crippen molar-refractivity contribution in [2.45, 2.75) is 18.4 Å². The Morgan fingerprint density at radius 2 is 1.43 bits per heavy atom. The van der Waals surface area contributed by atoms with Crippen molar-refractivity contribution >= 4 is 34.4 Å². The van der Waals surface area contributed by atoms with Crippen LogP contribution in [-0.2, 0) is 16.0 Å². The number of hydrogen-bond donors (Lipinski definition) is 2. The summed E-state index contributed by atoms with van der Waals surface area (Å²) in [5.41, 5.74) is 10.6. The lowest BCUT2D eigenvalue weighted by atomic mass is 9.95. The summed E-state index contributed by atoms with van der Waals surface area (Å²) in [6, 6.07) is 22.8. The molecule has 0 spiro atoms. The van der Waals surface area contributed by atoms with E-state index in [2.05, 4.69) is 27.9 Å². The predicted octanol–water partition coefficient (Wildman–Crippen LogP) is 3.62. The molecule has 2 amide bonds. The van der Waals surface area contributed by atoms with Crippen LogP contribution in [0.2, 0.25) is 0 Å². The van der Waals surface area contributed by atoms with E-state index < -0.39 is 17.9 Å². The number of nitrogens with one attached hydrogen (secondary N) is 1. The topological polar surface area (TPSA) is 72.2 Å². The molecular formula is C23H19IN2O2. The van der Waals surface area contributed by atoms with Crippen LogP contribution in [0.4, 0.5) is 0 Å². The van der Waals surface area contributed by atoms with E-state index in [1.165, 1.54) is 0 Å². The minimum absolute atomic E-state index is 0.202. The van der Waals surface area contributed by atoms with E-state index in [1.807, 2.05) is 72.8 Å². The summed E-state index contributed by atoms with van der Waals surface area (Å²) in [5, 5.41) is 2.90. The number of rotatable bonds is 5. The molecule has 0 saturated carbocycles. The normalized spacial score (nSPS) is 13.5. The number of carbonyl (C=O) groups excluding carboxylic acids is 2. The van der Waals surface area contributed by atoms with Crippen molar-refractivity contribution in [1.82, 2.24) is 5.32 Å². The maximum atomic E-state index is 13.2. The number of fused-ring (bicyclic) bond motifs is 3. The van der Waals surface area contributed by atoms with E-state index in [9.17, 15) is 9.59 Å². The summed E-state index contributed by atoms with van der Waals surface area (Å²) >= 11 is 2.22. The van der Waals surface area contributed by atoms with Gasteiger partial charge in [0, 0.05) is 9.99 Å². The molecule has 0 aromatic heterocycles. The van der Waals surface area contributed by atoms with Gasteiger partial charge in [-0.05, 0) is 56.5 Å². The van der Waals surface area contributed by atoms with E-state index in [1.54, 1.807) is 0 Å². The zero-order valence-corrected chi connectivity index (χ0v) is 17.2. The summed E-state index contributed by atoms with van der Waals surface area (Å²) in [5.74, 6) is -1.18. The lowest BCUT2D eigenvalue weighted by molar-refractivity contribution is -0.127. The quantitative estimate of drug-likeness (QED) is 0.546. The van der Waals surface area contributed by atoms with Crippen LogP contribution < -0.4 is 11.1 Å². The first-order chi connectivity index (χ1) is 13.6. The molecule has 0 unspecified atom stereocenters. The molecule has 0 saturated heterocycles. The fraction of sp³-hybridized carbons (Fsp3) is 0.130. The van der Waals surface area contributed by atoms with E-state index in [4.69, 9.17) is 5.73 Å². The van der Waals surface area contributed by atoms with Gasteiger partial charge in [-0.1, -0.05) is 66.7 Å². The number of halogens is 1. The Balaban J connectivity index is 1.63. The molecule has 140 valence electrons. The van der Waals surface area contributed by atoms with Gasteiger partial charge in [0.25, 0.3) is 0 Å². The Morgan fingerprint density at radius 1 is 0.893 bits per heavy atom. The van der Waals surface area contributed by atoms with Crippen LogP contribution in [0.5, 0.6) is 0 Å². The highest BCUT2D eigenvalue weighted by molar-refractivity contribution is 14.1. The second-order valence-electron chi connectivity index (χ2n) is 6.87. The highest BCUT2D eigenvalue weighted by atomic mass is 127. The summed E-state index contributed by atoms with van der Waals surface area (Å²) in [7, 11) is 0. The molecule has 5 heteroatoms. The number of primary amides is 1. The van der Waals surface area contributed by atoms with Crippen LogP contribution in [-0.4, -0.2) is 17.9 Å². The van der Waals surface area contributed by atoms with E-state index in [0.29, 0.717) is 6.42 Å². The smallest absolute Gasteiger partial charge is 0.240 e. The van der Waals surface area contributed by atoms with Gasteiger partial charge in [-0.15, -0.1) is 0 Å². The lowest BCUT2D eigenvalue weighted by Gasteiger charge is -2.20. The van der Waals surface area contributed by atoms with Crippen LogP contribution >= 0.6 is 22.6 Å². The lowest BCUT2D eigenvalue weighted by Crippen LogP contribution is -2.47. The molecule has 1 atom stereocenters. The molecule has 0 heterocycles. The van der Waals surface area contributed by atoms with Crippen molar-refractivity contribution in [3.63, 3.8) is 0 Å². The zero-order valence-electron chi connectivity index (χ0n) is 15.1. The second-order valence-corrected chi connectivity index (χ2v) is 8.03. The summed E-state index contributed by atoms with van der Waals surface area (Å²) in [6.07, 6.45) is 0.371. The second kappa shape index (κ2) is 7.75. The van der Waals surface area contributed by atoms with Crippen molar-refractivity contribution in [2.75, 3.05) is 0 Å². The van der Waals surface area contributed by atoms with Gasteiger partial charge in [-0.2, -0.15) is 0 Å². The van der Waals surface area contributed by atoms with Gasteiger partial charge in [-0.25, -0.2) is 0 Å². The molecule has 3 aromatic carbocycles. The summed E-state index contributed by atoms with van der Waals surface area (Å²) in [4.78, 5) is 25.3. The van der Waals surface area contributed by atoms with Crippen LogP contribution in [0.3, 0.4) is 0 Å². The zero-order chi connectivity index (χ0) is 19.7. The number of nitrogens with two attached hydrogens (primary N) is 1. The Bertz CT molecular complexity index is 1020. The Kier molecular flexibility index (Phi) is 5.17. The van der Waals surface area contributed by atoms with E-state index in [-0.39, 0.29) is 5.91 Å². The number of carbonyl (C=O) groups is 2. The number of hydrogen-bond acceptors (Lipinski definition) is 2. The molecule has 3 aromatic rings. The maximum Gasteiger partial charge on any atom is 0.240 e. The van der Waals surface area contributed by atoms with Crippen LogP contribution in [0.1, 0.15) is 22.6 Å². The van der Waals surface area contributed by atoms with Gasteiger partial charge in [-0.3, -0.25) is 9.59 Å². The van der Waals surface area contributed by atoms with Crippen LogP contribution in [0, 0.1) is 3.57 Å². The molecule has 1 aliphatic rings. The minimum Gasteiger partial charge on any atom is -0.368 e. The monoisotopic (exact) mass is 482 g/mol. The predicted molar refractivity (Wildman–Crippen MR) is 118 cm³/mol. The van der Waals surface area contributed by atoms with Crippen molar-refractivity contribution in [2.24, 2.45) is 5.73 Å². The standard InChI is InChI=1S/C23H19IN2O2/c24-19-12-6-1-7-14(19)13-20(22(25)27)26-23(28)21-17-10-4-2-8-15(17)16-9-3-5-11-18(16)21/h1-12,20-21H,13H2,(H2,25,27)(H,26,28)/t20-/m1/s1. The third-order valence-corrected chi connectivity index (χ3v) is 6.19. The Hall–Kier alpha value is -2.67. The maximum absolute atomic E-state index is 13.2. The minimum atomic E-state index is -0.761. The van der Waals surface area contributed by atoms with Crippen LogP contribution in [0.15, 0.2) is 72.8 Å². The Morgan fingerprint density at radius 3 is 2.00 bits per heavy atom. The molecule has 0 radical (unpaired) electrons. The first-order valence-electron chi connectivity index (χ1n) is 9.07. The molecule has 1 aliphatic carbocycles. The highest BCUT2D eigenvalue weighted by Gasteiger charge is 2.35. The molecule has 0 fully saturated rings. The molecular weight excluding hydrogens is 463 g/mol. The van der Waals surface area contributed by atoms with Gasteiger partial charge < -0.3 is 11.1 Å². The fourth-order valence-corrected chi connectivity index (χ4v) is 4.41. The van der Waals surface area contributed by atoms with E-state index >= 15 is 0 Å². The molecule has 28 heavy (non-hydrogen) atoms. The SMILES string of the molecule is NC(=O)[C@@H](Cc1ccccc1I)NC(=O)C1c2ccccc2-c2ccccc21. The molecule has 4 rings (SSSR count). The largest absolute Gasteiger partial charge is 0.368 e. The van der Waals surface area contributed by atoms with Crippen LogP contribution in [0.25, 0.3) is 11.1 Å². The first kappa shape index (κ1) is 18.7. The van der Waals surface area contributed by atoms with Gasteiger partial charge in [0.1, 0.15) is 6.04 Å². The average molecular weight is 482 g/mol. The molecule has 4 nitrogen and oxygen atoms in total. The summed E-state index contributed by atoms with van der Waals surface area (Å²) in [6.45, 7) is 0. The first-order valence-corrected chi connectivity index (χ1v) is 10.2. The van der Waals surface area contributed by atoms with Gasteiger partial charge in [0.05, 0.1) is 5.92 Å². The third kappa shape index (κ3) is 3.42. The van der Waals surface area contributed by atoms with Gasteiger partial charge >= 0.3 is 0 Å². The molecule has 0 aliphatic heterocycles. The molecule has 3 N–H and O–H groups in total.